The minimum absolute atomic E-state index is 0.0251. The molecular weight excluding hydrogens is 278 g/mol. The van der Waals surface area contributed by atoms with Crippen molar-refractivity contribution in [3.05, 3.63) is 34.9 Å². The van der Waals surface area contributed by atoms with Gasteiger partial charge in [-0.25, -0.2) is 0 Å². The van der Waals surface area contributed by atoms with Crippen LogP contribution < -0.4 is 10.6 Å². The predicted molar refractivity (Wildman–Crippen MR) is 84.3 cm³/mol. The topological polar surface area (TPSA) is 61.4 Å². The highest BCUT2D eigenvalue weighted by molar-refractivity contribution is 5.97. The van der Waals surface area contributed by atoms with E-state index < -0.39 is 6.04 Å². The van der Waals surface area contributed by atoms with Gasteiger partial charge in [0, 0.05) is 19.1 Å². The molecule has 2 saturated heterocycles. The number of nitrogens with zero attached hydrogens (tertiary/aromatic N) is 1. The van der Waals surface area contributed by atoms with E-state index in [1.54, 1.807) is 11.8 Å². The fourth-order valence-electron chi connectivity index (χ4n) is 3.39. The van der Waals surface area contributed by atoms with Crippen molar-refractivity contribution in [2.45, 2.75) is 51.9 Å². The Bertz CT molecular complexity index is 614. The second-order valence-corrected chi connectivity index (χ2v) is 6.48. The summed E-state index contributed by atoms with van der Waals surface area (Å²) < 4.78 is 0. The van der Waals surface area contributed by atoms with Gasteiger partial charge >= 0.3 is 0 Å². The number of hydrogen-bond donors (Lipinski definition) is 2. The number of fused-ring (bicyclic) bond motifs is 1. The van der Waals surface area contributed by atoms with Crippen LogP contribution in [-0.2, 0) is 16.1 Å². The van der Waals surface area contributed by atoms with E-state index in [1.807, 2.05) is 0 Å². The Morgan fingerprint density at radius 3 is 2.82 bits per heavy atom. The Hall–Kier alpha value is -1.88. The third-order valence-electron chi connectivity index (χ3n) is 4.70. The molecule has 1 aromatic carbocycles. The Kier molecular flexibility index (Phi) is 3.91. The second-order valence-electron chi connectivity index (χ2n) is 6.48. The summed E-state index contributed by atoms with van der Waals surface area (Å²) in [6.45, 7) is 7.33. The van der Waals surface area contributed by atoms with E-state index in [9.17, 15) is 9.59 Å². The van der Waals surface area contributed by atoms with Crippen LogP contribution >= 0.6 is 0 Å². The number of carbonyl (C=O) groups excluding carboxylic acids is 2. The summed E-state index contributed by atoms with van der Waals surface area (Å²) >= 11 is 0. The van der Waals surface area contributed by atoms with Gasteiger partial charge in [0.25, 0.3) is 0 Å². The molecule has 118 valence electrons. The van der Waals surface area contributed by atoms with Gasteiger partial charge in [0.1, 0.15) is 12.1 Å². The highest BCUT2D eigenvalue weighted by Crippen LogP contribution is 2.23. The van der Waals surface area contributed by atoms with Gasteiger partial charge in [-0.2, -0.15) is 0 Å². The predicted octanol–water partition coefficient (Wildman–Crippen LogP) is 0.881. The number of hydrogen-bond acceptors (Lipinski definition) is 3. The van der Waals surface area contributed by atoms with Gasteiger partial charge in [0.2, 0.25) is 11.8 Å². The second kappa shape index (κ2) is 5.72. The van der Waals surface area contributed by atoms with E-state index in [4.69, 9.17) is 0 Å². The number of rotatable bonds is 3. The third-order valence-corrected chi connectivity index (χ3v) is 4.70. The molecule has 0 bridgehead atoms. The Morgan fingerprint density at radius 1 is 1.32 bits per heavy atom. The molecular formula is C17H23N3O2. The average molecular weight is 301 g/mol. The zero-order valence-corrected chi connectivity index (χ0v) is 13.3. The molecule has 0 aliphatic carbocycles. The first-order valence-corrected chi connectivity index (χ1v) is 7.86. The Labute approximate surface area is 131 Å². The summed E-state index contributed by atoms with van der Waals surface area (Å²) in [5.41, 5.74) is 3.79. The molecule has 0 aromatic heterocycles. The smallest absolute Gasteiger partial charge is 0.245 e. The lowest BCUT2D eigenvalue weighted by atomic mass is 10.0. The van der Waals surface area contributed by atoms with E-state index in [1.165, 1.54) is 16.7 Å². The van der Waals surface area contributed by atoms with Crippen molar-refractivity contribution in [2.24, 2.45) is 0 Å². The van der Waals surface area contributed by atoms with Crippen molar-refractivity contribution in [1.29, 1.82) is 0 Å². The van der Waals surface area contributed by atoms with Gasteiger partial charge in [-0.1, -0.05) is 23.8 Å². The maximum atomic E-state index is 12.1. The first-order chi connectivity index (χ1) is 10.5. The summed E-state index contributed by atoms with van der Waals surface area (Å²) in [4.78, 5) is 25.9. The van der Waals surface area contributed by atoms with Crippen LogP contribution in [0, 0.1) is 13.8 Å². The summed E-state index contributed by atoms with van der Waals surface area (Å²) in [5.74, 6) is 0.00309. The number of benzene rings is 1. The van der Waals surface area contributed by atoms with Crippen LogP contribution in [0.5, 0.6) is 0 Å². The molecule has 2 aliphatic heterocycles. The van der Waals surface area contributed by atoms with Gasteiger partial charge in [0.05, 0.1) is 0 Å². The van der Waals surface area contributed by atoms with Gasteiger partial charge < -0.3 is 15.5 Å². The lowest BCUT2D eigenvalue weighted by Gasteiger charge is -2.32. The van der Waals surface area contributed by atoms with Crippen molar-refractivity contribution in [2.75, 3.05) is 6.54 Å². The molecule has 0 radical (unpaired) electrons. The number of amides is 2. The molecule has 2 aliphatic rings. The maximum Gasteiger partial charge on any atom is 0.245 e. The van der Waals surface area contributed by atoms with E-state index in [-0.39, 0.29) is 23.9 Å². The Morgan fingerprint density at radius 2 is 2.09 bits per heavy atom. The average Bonchev–Trinajstić information content (AvgIpc) is 2.89. The van der Waals surface area contributed by atoms with Crippen molar-refractivity contribution < 1.29 is 9.59 Å². The standard InChI is InChI=1S/C17H23N3O2/c1-10-4-5-13(11(2)6-10)8-18-14-7-15-16(21)19-12(3)17(22)20(15)9-14/h4-6,12,14-15,18H,7-9H2,1-3H3,(H,19,21)/t12-,14+,15+/m1/s1. The lowest BCUT2D eigenvalue weighted by molar-refractivity contribution is -0.146. The quantitative estimate of drug-likeness (QED) is 0.871. The molecule has 1 aromatic rings. The molecule has 0 saturated carbocycles. The maximum absolute atomic E-state index is 12.1. The van der Waals surface area contributed by atoms with Gasteiger partial charge in [0.15, 0.2) is 0 Å². The van der Waals surface area contributed by atoms with Crippen LogP contribution in [0.15, 0.2) is 18.2 Å². The zero-order valence-electron chi connectivity index (χ0n) is 13.3. The molecule has 3 rings (SSSR count). The highest BCUT2D eigenvalue weighted by Gasteiger charge is 2.44. The van der Waals surface area contributed by atoms with Crippen LogP contribution in [0.3, 0.4) is 0 Å². The van der Waals surface area contributed by atoms with Gasteiger partial charge in [-0.3, -0.25) is 9.59 Å². The highest BCUT2D eigenvalue weighted by atomic mass is 16.2. The summed E-state index contributed by atoms with van der Waals surface area (Å²) in [7, 11) is 0. The zero-order chi connectivity index (χ0) is 15.9. The number of piperazine rings is 1. The van der Waals surface area contributed by atoms with Crippen molar-refractivity contribution >= 4 is 11.8 Å². The van der Waals surface area contributed by atoms with Crippen LogP contribution in [0.2, 0.25) is 0 Å². The minimum Gasteiger partial charge on any atom is -0.343 e. The fraction of sp³-hybridized carbons (Fsp3) is 0.529. The van der Waals surface area contributed by atoms with Crippen molar-refractivity contribution in [3.63, 3.8) is 0 Å². The van der Waals surface area contributed by atoms with Crippen LogP contribution in [0.25, 0.3) is 0 Å². The summed E-state index contributed by atoms with van der Waals surface area (Å²) in [6, 6.07) is 5.89. The van der Waals surface area contributed by atoms with E-state index in [0.717, 1.165) is 6.54 Å². The van der Waals surface area contributed by atoms with Gasteiger partial charge in [-0.05, 0) is 38.3 Å². The monoisotopic (exact) mass is 301 g/mol. The lowest BCUT2D eigenvalue weighted by Crippen LogP contribution is -2.60. The molecule has 0 unspecified atom stereocenters. The molecule has 2 N–H and O–H groups in total. The summed E-state index contributed by atoms with van der Waals surface area (Å²) in [6.07, 6.45) is 0.690. The van der Waals surface area contributed by atoms with Crippen LogP contribution in [0.1, 0.15) is 30.0 Å². The molecule has 2 fully saturated rings. The first kappa shape index (κ1) is 15.0. The fourth-order valence-corrected chi connectivity index (χ4v) is 3.39. The molecule has 5 nitrogen and oxygen atoms in total. The summed E-state index contributed by atoms with van der Waals surface area (Å²) in [5, 5.41) is 6.25. The van der Waals surface area contributed by atoms with E-state index in [2.05, 4.69) is 42.7 Å². The van der Waals surface area contributed by atoms with E-state index >= 15 is 0 Å². The molecule has 5 heteroatoms. The number of nitrogens with one attached hydrogen (secondary N) is 2. The molecule has 0 spiro atoms. The molecule has 3 atom stereocenters. The van der Waals surface area contributed by atoms with Crippen LogP contribution in [0.4, 0.5) is 0 Å². The third kappa shape index (κ3) is 2.73. The first-order valence-electron chi connectivity index (χ1n) is 7.86. The number of carbonyl (C=O) groups is 2. The number of aryl methyl sites for hydroxylation is 2. The molecule has 22 heavy (non-hydrogen) atoms. The Balaban J connectivity index is 1.63. The van der Waals surface area contributed by atoms with Gasteiger partial charge in [-0.15, -0.1) is 0 Å². The minimum atomic E-state index is -0.401. The largest absolute Gasteiger partial charge is 0.343 e. The molecule has 2 heterocycles. The SMILES string of the molecule is Cc1ccc(CN[C@H]2C[C@H]3C(=O)N[C@H](C)C(=O)N3C2)c(C)c1. The van der Waals surface area contributed by atoms with E-state index in [0.29, 0.717) is 13.0 Å². The molecule has 2 amide bonds. The normalized spacial score (nSPS) is 27.8. The van der Waals surface area contributed by atoms with Crippen molar-refractivity contribution in [1.82, 2.24) is 15.5 Å². The van der Waals surface area contributed by atoms with Crippen molar-refractivity contribution in [3.8, 4) is 0 Å². The van der Waals surface area contributed by atoms with Crippen LogP contribution in [-0.4, -0.2) is 41.4 Å².